The number of nitrogen functional groups attached to an aromatic ring is 1. The van der Waals surface area contributed by atoms with E-state index in [2.05, 4.69) is 21.2 Å². The molecule has 0 fully saturated rings. The summed E-state index contributed by atoms with van der Waals surface area (Å²) < 4.78 is 13.9. The number of hydrogen-bond acceptors (Lipinski definition) is 2. The highest BCUT2D eigenvalue weighted by Gasteiger charge is 2.10. The van der Waals surface area contributed by atoms with Gasteiger partial charge in [-0.2, -0.15) is 0 Å². The average molecular weight is 337 g/mol. The number of carbonyl (C=O) groups is 1. The summed E-state index contributed by atoms with van der Waals surface area (Å²) in [5.74, 6) is -0.566. The fourth-order valence-corrected chi connectivity index (χ4v) is 2.22. The lowest BCUT2D eigenvalue weighted by Crippen LogP contribution is -2.24. The maximum Gasteiger partial charge on any atom is 0.251 e. The van der Waals surface area contributed by atoms with Gasteiger partial charge in [-0.3, -0.25) is 4.79 Å². The number of nitrogens with one attached hydrogen (secondary N) is 1. The monoisotopic (exact) mass is 336 g/mol. The average Bonchev–Trinajstić information content (AvgIpc) is 2.42. The largest absolute Gasteiger partial charge is 0.399 e. The van der Waals surface area contributed by atoms with Crippen LogP contribution >= 0.6 is 15.9 Å². The second-order valence-corrected chi connectivity index (χ2v) is 5.35. The molecule has 0 bridgehead atoms. The molecular weight excluding hydrogens is 323 g/mol. The summed E-state index contributed by atoms with van der Waals surface area (Å²) in [5, 5.41) is 2.76. The molecule has 0 saturated carbocycles. The van der Waals surface area contributed by atoms with Crippen LogP contribution in [-0.2, 0) is 6.54 Å². The zero-order valence-corrected chi connectivity index (χ0v) is 12.5. The second-order valence-electron chi connectivity index (χ2n) is 4.49. The molecule has 0 spiro atoms. The minimum absolute atomic E-state index is 0.231. The van der Waals surface area contributed by atoms with Gasteiger partial charge in [-0.1, -0.05) is 22.0 Å². The third-order valence-corrected chi connectivity index (χ3v) is 3.73. The summed E-state index contributed by atoms with van der Waals surface area (Å²) in [7, 11) is 0. The van der Waals surface area contributed by atoms with Gasteiger partial charge in [0, 0.05) is 22.3 Å². The number of nitrogens with two attached hydrogens (primary N) is 1. The summed E-state index contributed by atoms with van der Waals surface area (Å²) >= 11 is 3.32. The number of benzene rings is 2. The quantitative estimate of drug-likeness (QED) is 0.844. The molecule has 2 aromatic carbocycles. The smallest absolute Gasteiger partial charge is 0.251 e. The lowest BCUT2D eigenvalue weighted by Gasteiger charge is -2.10. The summed E-state index contributed by atoms with van der Waals surface area (Å²) in [6, 6.07) is 9.53. The second kappa shape index (κ2) is 6.05. The normalized spacial score (nSPS) is 10.3. The molecule has 104 valence electrons. The zero-order chi connectivity index (χ0) is 14.7. The lowest BCUT2D eigenvalue weighted by atomic mass is 10.1. The van der Waals surface area contributed by atoms with Gasteiger partial charge in [-0.15, -0.1) is 0 Å². The molecule has 0 aliphatic rings. The van der Waals surface area contributed by atoms with E-state index in [1.165, 1.54) is 12.1 Å². The molecule has 2 rings (SSSR count). The molecule has 3 N–H and O–H groups in total. The molecule has 3 nitrogen and oxygen atoms in total. The van der Waals surface area contributed by atoms with Crippen LogP contribution in [0.4, 0.5) is 10.1 Å². The van der Waals surface area contributed by atoms with Gasteiger partial charge in [0.2, 0.25) is 0 Å². The molecule has 0 aliphatic heterocycles. The Labute approximate surface area is 125 Å². The SMILES string of the molecule is Cc1ccc(N)cc1C(=O)NCc1cc(F)ccc1Br. The Morgan fingerprint density at radius 3 is 2.80 bits per heavy atom. The molecule has 0 heterocycles. The van der Waals surface area contributed by atoms with Gasteiger partial charge in [-0.25, -0.2) is 4.39 Å². The van der Waals surface area contributed by atoms with Crippen molar-refractivity contribution in [3.8, 4) is 0 Å². The van der Waals surface area contributed by atoms with Crippen molar-refractivity contribution in [1.82, 2.24) is 5.32 Å². The van der Waals surface area contributed by atoms with Gasteiger partial charge in [0.15, 0.2) is 0 Å². The van der Waals surface area contributed by atoms with Gasteiger partial charge in [0.25, 0.3) is 5.91 Å². The molecule has 5 heteroatoms. The van der Waals surface area contributed by atoms with E-state index in [1.807, 2.05) is 6.92 Å². The van der Waals surface area contributed by atoms with E-state index in [1.54, 1.807) is 24.3 Å². The number of hydrogen-bond donors (Lipinski definition) is 2. The van der Waals surface area contributed by atoms with Crippen molar-refractivity contribution in [3.63, 3.8) is 0 Å². The van der Waals surface area contributed by atoms with E-state index in [4.69, 9.17) is 5.73 Å². The van der Waals surface area contributed by atoms with E-state index in [9.17, 15) is 9.18 Å². The number of halogens is 2. The lowest BCUT2D eigenvalue weighted by molar-refractivity contribution is 0.0950. The molecule has 0 radical (unpaired) electrons. The topological polar surface area (TPSA) is 55.1 Å². The molecule has 2 aromatic rings. The Morgan fingerprint density at radius 2 is 2.05 bits per heavy atom. The Balaban J connectivity index is 2.12. The van der Waals surface area contributed by atoms with Gasteiger partial charge in [0.1, 0.15) is 5.82 Å². The van der Waals surface area contributed by atoms with Gasteiger partial charge in [0.05, 0.1) is 0 Å². The van der Waals surface area contributed by atoms with Crippen LogP contribution in [0, 0.1) is 12.7 Å². The van der Waals surface area contributed by atoms with Crippen LogP contribution in [0.25, 0.3) is 0 Å². The van der Waals surface area contributed by atoms with E-state index >= 15 is 0 Å². The predicted octanol–water partition coefficient (Wildman–Crippen LogP) is 3.41. The highest BCUT2D eigenvalue weighted by molar-refractivity contribution is 9.10. The van der Waals surface area contributed by atoms with Gasteiger partial charge >= 0.3 is 0 Å². The number of amides is 1. The molecule has 20 heavy (non-hydrogen) atoms. The highest BCUT2D eigenvalue weighted by Crippen LogP contribution is 2.18. The third-order valence-electron chi connectivity index (χ3n) is 2.95. The van der Waals surface area contributed by atoms with Crippen LogP contribution in [0.5, 0.6) is 0 Å². The van der Waals surface area contributed by atoms with E-state index in [0.29, 0.717) is 16.8 Å². The Morgan fingerprint density at radius 1 is 1.30 bits per heavy atom. The Kier molecular flexibility index (Phi) is 4.39. The maximum absolute atomic E-state index is 13.2. The van der Waals surface area contributed by atoms with Crippen molar-refractivity contribution >= 4 is 27.5 Å². The van der Waals surface area contributed by atoms with Crippen LogP contribution in [0.2, 0.25) is 0 Å². The van der Waals surface area contributed by atoms with Crippen molar-refractivity contribution in [1.29, 1.82) is 0 Å². The van der Waals surface area contributed by atoms with E-state index < -0.39 is 0 Å². The number of anilines is 1. The minimum Gasteiger partial charge on any atom is -0.399 e. The number of rotatable bonds is 3. The number of carbonyl (C=O) groups excluding carboxylic acids is 1. The maximum atomic E-state index is 13.2. The molecule has 0 saturated heterocycles. The minimum atomic E-state index is -0.336. The molecular formula is C15H14BrFN2O. The first-order valence-electron chi connectivity index (χ1n) is 6.05. The molecule has 1 amide bonds. The van der Waals surface area contributed by atoms with Crippen molar-refractivity contribution in [3.05, 3.63) is 63.4 Å². The van der Waals surface area contributed by atoms with Gasteiger partial charge < -0.3 is 11.1 Å². The van der Waals surface area contributed by atoms with Crippen molar-refractivity contribution in [2.45, 2.75) is 13.5 Å². The molecule has 0 aliphatic carbocycles. The summed E-state index contributed by atoms with van der Waals surface area (Å²) in [6.45, 7) is 2.08. The molecule has 0 unspecified atom stereocenters. The van der Waals surface area contributed by atoms with Crippen molar-refractivity contribution < 1.29 is 9.18 Å². The standard InChI is InChI=1S/C15H14BrFN2O/c1-9-2-4-12(18)7-13(9)15(20)19-8-10-6-11(17)3-5-14(10)16/h2-7H,8,18H2,1H3,(H,19,20). The predicted molar refractivity (Wildman–Crippen MR) is 80.9 cm³/mol. The van der Waals surface area contributed by atoms with Crippen molar-refractivity contribution in [2.75, 3.05) is 5.73 Å². The fraction of sp³-hybridized carbons (Fsp3) is 0.133. The van der Waals surface area contributed by atoms with Crippen LogP contribution < -0.4 is 11.1 Å². The van der Waals surface area contributed by atoms with E-state index in [0.717, 1.165) is 10.0 Å². The summed E-state index contributed by atoms with van der Waals surface area (Å²) in [4.78, 5) is 12.1. The zero-order valence-electron chi connectivity index (χ0n) is 10.9. The first-order chi connectivity index (χ1) is 9.47. The van der Waals surface area contributed by atoms with Crippen LogP contribution in [0.15, 0.2) is 40.9 Å². The summed E-state index contributed by atoms with van der Waals surface area (Å²) in [5.41, 5.74) is 8.26. The molecule has 0 atom stereocenters. The van der Waals surface area contributed by atoms with Crippen LogP contribution in [0.3, 0.4) is 0 Å². The first-order valence-corrected chi connectivity index (χ1v) is 6.85. The van der Waals surface area contributed by atoms with Crippen LogP contribution in [0.1, 0.15) is 21.5 Å². The van der Waals surface area contributed by atoms with Crippen LogP contribution in [-0.4, -0.2) is 5.91 Å². The third kappa shape index (κ3) is 3.36. The fourth-order valence-electron chi connectivity index (χ4n) is 1.83. The first kappa shape index (κ1) is 14.5. The Bertz CT molecular complexity index is 658. The van der Waals surface area contributed by atoms with E-state index in [-0.39, 0.29) is 18.3 Å². The Hall–Kier alpha value is -1.88. The van der Waals surface area contributed by atoms with Crippen molar-refractivity contribution in [2.24, 2.45) is 0 Å². The summed E-state index contributed by atoms with van der Waals surface area (Å²) in [6.07, 6.45) is 0. The molecule has 0 aromatic heterocycles. The number of aryl methyl sites for hydroxylation is 1. The van der Waals surface area contributed by atoms with Gasteiger partial charge in [-0.05, 0) is 48.4 Å². The highest BCUT2D eigenvalue weighted by atomic mass is 79.9.